The maximum Gasteiger partial charge on any atom is 0.342 e. The summed E-state index contributed by atoms with van der Waals surface area (Å²) in [6.07, 6.45) is -0.0222. The van der Waals surface area contributed by atoms with Crippen molar-refractivity contribution in [1.29, 1.82) is 0 Å². The molecule has 1 aromatic carbocycles. The molecule has 0 bridgehead atoms. The molecule has 0 aliphatic carbocycles. The summed E-state index contributed by atoms with van der Waals surface area (Å²) >= 11 is 0. The van der Waals surface area contributed by atoms with Crippen LogP contribution in [0.1, 0.15) is 34.4 Å². The lowest BCUT2D eigenvalue weighted by Crippen LogP contribution is -2.39. The largest absolute Gasteiger partial charge is 0.466 e. The Morgan fingerprint density at radius 1 is 1.26 bits per heavy atom. The molecule has 0 saturated carbocycles. The maximum atomic E-state index is 12.6. The van der Waals surface area contributed by atoms with Crippen molar-refractivity contribution in [3.8, 4) is 0 Å². The van der Waals surface area contributed by atoms with Crippen LogP contribution in [0.4, 0.5) is 5.69 Å². The van der Waals surface area contributed by atoms with E-state index in [2.05, 4.69) is 0 Å². The molecule has 120 valence electrons. The van der Waals surface area contributed by atoms with Crippen LogP contribution in [-0.2, 0) is 16.0 Å². The first-order valence-corrected chi connectivity index (χ1v) is 7.64. The van der Waals surface area contributed by atoms with Crippen LogP contribution in [0.2, 0.25) is 0 Å². The second-order valence-electron chi connectivity index (χ2n) is 5.74. The molecule has 1 amide bonds. The zero-order valence-corrected chi connectivity index (χ0v) is 13.5. The first kappa shape index (κ1) is 15.3. The molecule has 2 aromatic rings. The summed E-state index contributed by atoms with van der Waals surface area (Å²) in [5.41, 5.74) is 2.40. The van der Waals surface area contributed by atoms with E-state index in [0.29, 0.717) is 23.6 Å². The minimum absolute atomic E-state index is 0.207. The fourth-order valence-corrected chi connectivity index (χ4v) is 2.89. The summed E-state index contributed by atoms with van der Waals surface area (Å²) in [5, 5.41) is 0. The predicted molar refractivity (Wildman–Crippen MR) is 85.6 cm³/mol. The Morgan fingerprint density at radius 2 is 2.00 bits per heavy atom. The van der Waals surface area contributed by atoms with E-state index >= 15 is 0 Å². The second kappa shape index (κ2) is 5.91. The Morgan fingerprint density at radius 3 is 2.70 bits per heavy atom. The minimum Gasteiger partial charge on any atom is -0.466 e. The van der Waals surface area contributed by atoms with Gasteiger partial charge in [-0.25, -0.2) is 4.79 Å². The fourth-order valence-electron chi connectivity index (χ4n) is 2.89. The molecule has 2 heterocycles. The van der Waals surface area contributed by atoms with Gasteiger partial charge in [-0.15, -0.1) is 0 Å². The van der Waals surface area contributed by atoms with Crippen LogP contribution in [-0.4, -0.2) is 24.5 Å². The lowest BCUT2D eigenvalue weighted by molar-refractivity contribution is -0.126. The van der Waals surface area contributed by atoms with E-state index in [0.717, 1.165) is 17.7 Å². The number of aryl methyl sites for hydroxylation is 2. The summed E-state index contributed by atoms with van der Waals surface area (Å²) in [6, 6.07) is 9.41. The minimum atomic E-state index is -0.844. The predicted octanol–water partition coefficient (Wildman–Crippen LogP) is 3.03. The highest BCUT2D eigenvalue weighted by Crippen LogP contribution is 2.28. The summed E-state index contributed by atoms with van der Waals surface area (Å²) in [6.45, 7) is 5.68. The smallest absolute Gasteiger partial charge is 0.342 e. The number of carbonyl (C=O) groups excluding carboxylic acids is 2. The van der Waals surface area contributed by atoms with Crippen LogP contribution in [0.5, 0.6) is 0 Å². The lowest BCUT2D eigenvalue weighted by atomic mass is 10.2. The van der Waals surface area contributed by atoms with Gasteiger partial charge in [-0.3, -0.25) is 4.79 Å². The van der Waals surface area contributed by atoms with E-state index in [-0.39, 0.29) is 5.91 Å². The molecule has 1 aromatic heterocycles. The van der Waals surface area contributed by atoms with Crippen molar-refractivity contribution in [1.82, 2.24) is 0 Å². The van der Waals surface area contributed by atoms with Crippen LogP contribution in [0.3, 0.4) is 0 Å². The van der Waals surface area contributed by atoms with Gasteiger partial charge in [0.1, 0.15) is 17.1 Å². The van der Waals surface area contributed by atoms with Crippen molar-refractivity contribution in [3.63, 3.8) is 0 Å². The van der Waals surface area contributed by atoms with E-state index < -0.39 is 12.1 Å². The van der Waals surface area contributed by atoms with Crippen LogP contribution < -0.4 is 4.90 Å². The Labute approximate surface area is 134 Å². The number of ether oxygens (including phenoxy) is 1. The number of para-hydroxylation sites is 1. The molecule has 0 radical (unpaired) electrons. The van der Waals surface area contributed by atoms with Crippen LogP contribution in [0.25, 0.3) is 0 Å². The third kappa shape index (κ3) is 2.86. The van der Waals surface area contributed by atoms with Gasteiger partial charge in [0.15, 0.2) is 6.10 Å². The molecular weight excluding hydrogens is 294 g/mol. The molecule has 5 nitrogen and oxygen atoms in total. The molecule has 1 aliphatic heterocycles. The Kier molecular flexibility index (Phi) is 3.94. The number of nitrogens with zero attached hydrogens (tertiary/aromatic N) is 1. The SMILES string of the molecule is Cc1cc(C(=O)O[C@H](C)C(=O)N2CCc3ccccc32)c(C)o1. The van der Waals surface area contributed by atoms with Crippen molar-refractivity contribution in [2.75, 3.05) is 11.4 Å². The molecule has 1 atom stereocenters. The number of esters is 1. The van der Waals surface area contributed by atoms with Crippen molar-refractivity contribution in [2.24, 2.45) is 0 Å². The van der Waals surface area contributed by atoms with E-state index in [1.54, 1.807) is 31.7 Å². The number of furan rings is 1. The topological polar surface area (TPSA) is 59.8 Å². The Bertz CT molecular complexity index is 762. The molecule has 1 aliphatic rings. The van der Waals surface area contributed by atoms with Crippen LogP contribution in [0, 0.1) is 13.8 Å². The van der Waals surface area contributed by atoms with Crippen molar-refractivity contribution in [2.45, 2.75) is 33.3 Å². The number of hydrogen-bond donors (Lipinski definition) is 0. The number of anilines is 1. The number of rotatable bonds is 3. The van der Waals surface area contributed by atoms with Gasteiger partial charge in [0.25, 0.3) is 5.91 Å². The molecule has 0 fully saturated rings. The molecule has 0 unspecified atom stereocenters. The maximum absolute atomic E-state index is 12.6. The first-order chi connectivity index (χ1) is 11.0. The first-order valence-electron chi connectivity index (χ1n) is 7.64. The van der Waals surface area contributed by atoms with Gasteiger partial charge in [0.05, 0.1) is 0 Å². The van der Waals surface area contributed by atoms with Gasteiger partial charge < -0.3 is 14.1 Å². The summed E-state index contributed by atoms with van der Waals surface area (Å²) < 4.78 is 10.7. The van der Waals surface area contributed by atoms with E-state index in [4.69, 9.17) is 9.15 Å². The highest BCUT2D eigenvalue weighted by Gasteiger charge is 2.30. The molecule has 0 spiro atoms. The normalized spacial score (nSPS) is 14.5. The van der Waals surface area contributed by atoms with E-state index in [9.17, 15) is 9.59 Å². The summed E-state index contributed by atoms with van der Waals surface area (Å²) in [7, 11) is 0. The van der Waals surface area contributed by atoms with Crippen LogP contribution in [0.15, 0.2) is 34.7 Å². The number of benzene rings is 1. The number of fused-ring (bicyclic) bond motifs is 1. The zero-order valence-electron chi connectivity index (χ0n) is 13.5. The summed E-state index contributed by atoms with van der Waals surface area (Å²) in [5.74, 6) is 0.398. The molecule has 0 saturated heterocycles. The standard InChI is InChI=1S/C18H19NO4/c1-11-10-15(12(2)22-11)18(21)23-13(3)17(20)19-9-8-14-6-4-5-7-16(14)19/h4-7,10,13H,8-9H2,1-3H3/t13-/m1/s1. The van der Waals surface area contributed by atoms with Gasteiger partial charge >= 0.3 is 5.97 Å². The quantitative estimate of drug-likeness (QED) is 0.817. The van der Waals surface area contributed by atoms with Crippen molar-refractivity contribution in [3.05, 3.63) is 53.0 Å². The second-order valence-corrected chi connectivity index (χ2v) is 5.74. The average molecular weight is 313 g/mol. The number of amides is 1. The lowest BCUT2D eigenvalue weighted by Gasteiger charge is -2.21. The number of hydrogen-bond acceptors (Lipinski definition) is 4. The monoisotopic (exact) mass is 313 g/mol. The highest BCUT2D eigenvalue weighted by molar-refractivity contribution is 6.00. The molecular formula is C18H19NO4. The van der Waals surface area contributed by atoms with Gasteiger partial charge in [-0.05, 0) is 44.9 Å². The number of carbonyl (C=O) groups is 2. The van der Waals surface area contributed by atoms with Gasteiger partial charge in [-0.2, -0.15) is 0 Å². The van der Waals surface area contributed by atoms with E-state index in [1.165, 1.54) is 0 Å². The summed E-state index contributed by atoms with van der Waals surface area (Å²) in [4.78, 5) is 26.5. The Balaban J connectivity index is 1.71. The average Bonchev–Trinajstić information content (AvgIpc) is 3.09. The zero-order chi connectivity index (χ0) is 16.6. The Hall–Kier alpha value is -2.56. The van der Waals surface area contributed by atoms with Gasteiger partial charge in [0.2, 0.25) is 0 Å². The molecule has 5 heteroatoms. The highest BCUT2D eigenvalue weighted by atomic mass is 16.5. The third-order valence-electron chi connectivity index (χ3n) is 4.05. The van der Waals surface area contributed by atoms with Crippen molar-refractivity contribution < 1.29 is 18.7 Å². The fraction of sp³-hybridized carbons (Fsp3) is 0.333. The third-order valence-corrected chi connectivity index (χ3v) is 4.05. The van der Waals surface area contributed by atoms with Crippen LogP contribution >= 0.6 is 0 Å². The molecule has 23 heavy (non-hydrogen) atoms. The molecule has 3 rings (SSSR count). The molecule has 0 N–H and O–H groups in total. The van der Waals surface area contributed by atoms with Gasteiger partial charge in [0, 0.05) is 12.2 Å². The van der Waals surface area contributed by atoms with Crippen molar-refractivity contribution >= 4 is 17.6 Å². The van der Waals surface area contributed by atoms with Gasteiger partial charge in [-0.1, -0.05) is 18.2 Å². The van der Waals surface area contributed by atoms with E-state index in [1.807, 2.05) is 24.3 Å².